The third-order valence-electron chi connectivity index (χ3n) is 5.55. The van der Waals surface area contributed by atoms with Crippen LogP contribution in [0.2, 0.25) is 5.02 Å². The highest BCUT2D eigenvalue weighted by atomic mass is 35.5. The third-order valence-corrected chi connectivity index (χ3v) is 5.92. The molecule has 3 aromatic rings. The van der Waals surface area contributed by atoms with Crippen molar-refractivity contribution in [3.05, 3.63) is 64.9 Å². The molecule has 0 saturated heterocycles. The van der Waals surface area contributed by atoms with E-state index in [-0.39, 0.29) is 11.8 Å². The topological polar surface area (TPSA) is 57.8 Å². The molecule has 1 aromatic heterocycles. The van der Waals surface area contributed by atoms with E-state index in [9.17, 15) is 4.79 Å². The van der Waals surface area contributed by atoms with Crippen LogP contribution in [0.15, 0.2) is 48.5 Å². The molecule has 5 heteroatoms. The van der Waals surface area contributed by atoms with Crippen LogP contribution >= 0.6 is 11.6 Å². The minimum Gasteiger partial charge on any atom is -0.352 e. The largest absolute Gasteiger partial charge is 0.352 e. The molecule has 0 atom stereocenters. The maximum Gasteiger partial charge on any atom is 0.223 e. The van der Waals surface area contributed by atoms with Gasteiger partial charge in [0, 0.05) is 23.9 Å². The number of fused-ring (bicyclic) bond motifs is 1. The first-order valence-electron chi connectivity index (χ1n) is 9.64. The number of hydrogen-bond acceptors (Lipinski definition) is 2. The summed E-state index contributed by atoms with van der Waals surface area (Å²) < 4.78 is 0. The Kier molecular flexibility index (Phi) is 5.44. The number of carbonyl (C=O) groups excluding carboxylic acids is 1. The Morgan fingerprint density at radius 2 is 1.81 bits per heavy atom. The second-order valence-corrected chi connectivity index (χ2v) is 7.84. The van der Waals surface area contributed by atoms with E-state index in [0.29, 0.717) is 17.5 Å². The normalized spacial score (nSPS) is 19.9. The molecule has 4 nitrogen and oxygen atoms in total. The second-order valence-electron chi connectivity index (χ2n) is 7.43. The summed E-state index contributed by atoms with van der Waals surface area (Å²) in [5, 5.41) is 3.75. The van der Waals surface area contributed by atoms with Crippen LogP contribution in [0.4, 0.5) is 0 Å². The number of H-pyrrole nitrogens is 1. The van der Waals surface area contributed by atoms with E-state index in [1.165, 1.54) is 0 Å². The number of imidazole rings is 1. The van der Waals surface area contributed by atoms with Crippen LogP contribution in [-0.2, 0) is 17.8 Å². The fraction of sp³-hybridized carbons (Fsp3) is 0.364. The van der Waals surface area contributed by atoms with Gasteiger partial charge in [-0.15, -0.1) is 0 Å². The van der Waals surface area contributed by atoms with E-state index in [2.05, 4.69) is 21.4 Å². The first-order chi connectivity index (χ1) is 13.2. The van der Waals surface area contributed by atoms with Gasteiger partial charge in [0.15, 0.2) is 0 Å². The first kappa shape index (κ1) is 18.1. The molecule has 1 saturated carbocycles. The molecule has 1 heterocycles. The molecule has 2 N–H and O–H groups in total. The number of nitrogens with one attached hydrogen (secondary N) is 2. The zero-order chi connectivity index (χ0) is 18.6. The third kappa shape index (κ3) is 4.33. The number of rotatable bonds is 5. The number of para-hydroxylation sites is 2. The van der Waals surface area contributed by atoms with E-state index in [0.717, 1.165) is 54.5 Å². The summed E-state index contributed by atoms with van der Waals surface area (Å²) in [5.74, 6) is 1.91. The lowest BCUT2D eigenvalue weighted by molar-refractivity contribution is -0.126. The number of hydrogen-bond donors (Lipinski definition) is 2. The Balaban J connectivity index is 1.27. The second kappa shape index (κ2) is 8.13. The Morgan fingerprint density at radius 3 is 2.59 bits per heavy atom. The molecule has 0 bridgehead atoms. The lowest BCUT2D eigenvalue weighted by Crippen LogP contribution is -2.33. The molecule has 140 valence electrons. The van der Waals surface area contributed by atoms with Crippen LogP contribution in [0.1, 0.15) is 37.1 Å². The summed E-state index contributed by atoms with van der Waals surface area (Å²) >= 11 is 6.16. The van der Waals surface area contributed by atoms with Crippen LogP contribution in [-0.4, -0.2) is 15.9 Å². The number of benzene rings is 2. The Labute approximate surface area is 164 Å². The number of amides is 1. The van der Waals surface area contributed by atoms with Crippen molar-refractivity contribution in [3.8, 4) is 0 Å². The first-order valence-corrected chi connectivity index (χ1v) is 10.0. The van der Waals surface area contributed by atoms with E-state index >= 15 is 0 Å². The number of carbonyl (C=O) groups is 1. The zero-order valence-electron chi connectivity index (χ0n) is 15.2. The number of nitrogens with zero attached hydrogens (tertiary/aromatic N) is 1. The van der Waals surface area contributed by atoms with Gasteiger partial charge < -0.3 is 10.3 Å². The van der Waals surface area contributed by atoms with E-state index in [1.54, 1.807) is 0 Å². The van der Waals surface area contributed by atoms with Crippen LogP contribution in [0.3, 0.4) is 0 Å². The number of aromatic nitrogens is 2. The van der Waals surface area contributed by atoms with Crippen molar-refractivity contribution in [2.75, 3.05) is 0 Å². The van der Waals surface area contributed by atoms with Crippen molar-refractivity contribution < 1.29 is 4.79 Å². The lowest BCUT2D eigenvalue weighted by atomic mass is 9.80. The predicted molar refractivity (Wildman–Crippen MR) is 109 cm³/mol. The zero-order valence-corrected chi connectivity index (χ0v) is 16.0. The quantitative estimate of drug-likeness (QED) is 0.661. The Bertz CT molecular complexity index is 895. The van der Waals surface area contributed by atoms with E-state index in [4.69, 9.17) is 11.6 Å². The average Bonchev–Trinajstić information content (AvgIpc) is 3.10. The lowest BCUT2D eigenvalue weighted by Gasteiger charge is -2.27. The highest BCUT2D eigenvalue weighted by molar-refractivity contribution is 6.31. The summed E-state index contributed by atoms with van der Waals surface area (Å²) in [6.07, 6.45) is 4.99. The predicted octanol–water partition coefficient (Wildman–Crippen LogP) is 4.88. The molecule has 1 amide bonds. The highest BCUT2D eigenvalue weighted by Crippen LogP contribution is 2.31. The summed E-state index contributed by atoms with van der Waals surface area (Å²) in [6.45, 7) is 0.497. The van der Waals surface area contributed by atoms with Crippen LogP contribution < -0.4 is 5.32 Å². The van der Waals surface area contributed by atoms with E-state index < -0.39 is 0 Å². The molecule has 1 fully saturated rings. The molecule has 1 aliphatic rings. The van der Waals surface area contributed by atoms with Gasteiger partial charge in [0.1, 0.15) is 5.82 Å². The standard InChI is InChI=1S/C22H24ClN3O/c23-18-6-2-1-5-17(18)14-24-22(27)16-11-9-15(10-12-16)13-21-25-19-7-3-4-8-20(19)26-21/h1-8,15-16H,9-14H2,(H,24,27)(H,25,26)/t15-,16+. The summed E-state index contributed by atoms with van der Waals surface area (Å²) in [4.78, 5) is 20.6. The van der Waals surface area contributed by atoms with Crippen molar-refractivity contribution >= 4 is 28.5 Å². The molecule has 0 unspecified atom stereocenters. The highest BCUT2D eigenvalue weighted by Gasteiger charge is 2.26. The van der Waals surface area contributed by atoms with Crippen molar-refractivity contribution in [2.24, 2.45) is 11.8 Å². The maximum atomic E-state index is 12.5. The molecule has 1 aliphatic carbocycles. The number of aromatic amines is 1. The summed E-state index contributed by atoms with van der Waals surface area (Å²) in [5.41, 5.74) is 3.09. The fourth-order valence-electron chi connectivity index (χ4n) is 3.97. The monoisotopic (exact) mass is 381 g/mol. The van der Waals surface area contributed by atoms with Gasteiger partial charge >= 0.3 is 0 Å². The maximum absolute atomic E-state index is 12.5. The van der Waals surface area contributed by atoms with Crippen LogP contribution in [0.25, 0.3) is 11.0 Å². The van der Waals surface area contributed by atoms with Crippen LogP contribution in [0, 0.1) is 11.8 Å². The van der Waals surface area contributed by atoms with Gasteiger partial charge in [-0.2, -0.15) is 0 Å². The van der Waals surface area contributed by atoms with Gasteiger partial charge in [-0.1, -0.05) is 41.9 Å². The molecule has 2 aromatic carbocycles. The minimum absolute atomic E-state index is 0.111. The summed E-state index contributed by atoms with van der Waals surface area (Å²) in [6, 6.07) is 15.8. The minimum atomic E-state index is 0.111. The molecular formula is C22H24ClN3O. The van der Waals surface area contributed by atoms with Gasteiger partial charge in [0.25, 0.3) is 0 Å². The fourth-order valence-corrected chi connectivity index (χ4v) is 4.18. The summed E-state index contributed by atoms with van der Waals surface area (Å²) in [7, 11) is 0. The van der Waals surface area contributed by atoms with Gasteiger partial charge in [-0.3, -0.25) is 4.79 Å². The van der Waals surface area contributed by atoms with Crippen molar-refractivity contribution in [1.82, 2.24) is 15.3 Å². The smallest absolute Gasteiger partial charge is 0.223 e. The van der Waals surface area contributed by atoms with Gasteiger partial charge in [-0.25, -0.2) is 4.98 Å². The van der Waals surface area contributed by atoms with Gasteiger partial charge in [0.2, 0.25) is 5.91 Å². The SMILES string of the molecule is O=C(NCc1ccccc1Cl)[C@H]1CC[C@@H](Cc2nc3ccccc3[nH]2)CC1. The average molecular weight is 382 g/mol. The Hall–Kier alpha value is -2.33. The molecule has 0 spiro atoms. The molecule has 0 aliphatic heterocycles. The van der Waals surface area contributed by atoms with Gasteiger partial charge in [-0.05, 0) is 55.4 Å². The molecule has 0 radical (unpaired) electrons. The molecule has 27 heavy (non-hydrogen) atoms. The van der Waals surface area contributed by atoms with Crippen LogP contribution in [0.5, 0.6) is 0 Å². The van der Waals surface area contributed by atoms with Crippen molar-refractivity contribution in [1.29, 1.82) is 0 Å². The van der Waals surface area contributed by atoms with E-state index in [1.807, 2.05) is 42.5 Å². The van der Waals surface area contributed by atoms with Gasteiger partial charge in [0.05, 0.1) is 11.0 Å². The molecule has 4 rings (SSSR count). The van der Waals surface area contributed by atoms with Crippen molar-refractivity contribution in [3.63, 3.8) is 0 Å². The Morgan fingerprint density at radius 1 is 1.07 bits per heavy atom. The van der Waals surface area contributed by atoms with Crippen molar-refractivity contribution in [2.45, 2.75) is 38.6 Å². The molecular weight excluding hydrogens is 358 g/mol. The number of halogens is 1.